The van der Waals surface area contributed by atoms with E-state index in [1.165, 1.54) is 0 Å². The van der Waals surface area contributed by atoms with E-state index >= 15 is 0 Å². The molecule has 0 radical (unpaired) electrons. The average molecular weight is 405 g/mol. The molecule has 6 nitrogen and oxygen atoms in total. The molecule has 2 aromatic rings. The van der Waals surface area contributed by atoms with E-state index < -0.39 is 35.7 Å². The molecule has 2 aromatic heterocycles. The molecule has 0 bridgehead atoms. The molecule has 1 aliphatic heterocycles. The van der Waals surface area contributed by atoms with Crippen LogP contribution in [0.3, 0.4) is 0 Å². The van der Waals surface area contributed by atoms with Gasteiger partial charge in [-0.1, -0.05) is 0 Å². The second kappa shape index (κ2) is 7.82. The van der Waals surface area contributed by atoms with Gasteiger partial charge in [0.2, 0.25) is 0 Å². The van der Waals surface area contributed by atoms with Crippen LogP contribution in [0.25, 0.3) is 0 Å². The minimum absolute atomic E-state index is 0.0956. The lowest BCUT2D eigenvalue weighted by Gasteiger charge is -2.32. The van der Waals surface area contributed by atoms with Crippen LogP contribution in [-0.2, 0) is 10.8 Å². The minimum Gasteiger partial charge on any atom is -0.431 e. The van der Waals surface area contributed by atoms with Gasteiger partial charge in [-0.3, -0.25) is 0 Å². The second-order valence-corrected chi connectivity index (χ2v) is 6.27. The molecule has 3 rings (SSSR count). The lowest BCUT2D eigenvalue weighted by Crippen LogP contribution is -2.41. The largest absolute Gasteiger partial charge is 0.444 e. The molecule has 0 spiro atoms. The number of hydrogen-bond acceptors (Lipinski definition) is 6. The molecule has 1 saturated heterocycles. The second-order valence-electron chi connectivity index (χ2n) is 6.27. The zero-order valence-electron chi connectivity index (χ0n) is 14.6. The van der Waals surface area contributed by atoms with Gasteiger partial charge in [-0.15, -0.1) is 0 Å². The van der Waals surface area contributed by atoms with Gasteiger partial charge in [-0.2, -0.15) is 22.0 Å². The number of aromatic nitrogens is 3. The molecule has 1 fully saturated rings. The molecule has 2 unspecified atom stereocenters. The first-order chi connectivity index (χ1) is 13.2. The third-order valence-corrected chi connectivity index (χ3v) is 4.11. The summed E-state index contributed by atoms with van der Waals surface area (Å²) < 4.78 is 83.5. The molecule has 1 aliphatic rings. The summed E-state index contributed by atoms with van der Waals surface area (Å²) in [5.41, 5.74) is -0.859. The molecule has 0 aromatic carbocycles. The fraction of sp³-hybridized carbons (Fsp3) is 0.471. The van der Waals surface area contributed by atoms with Crippen molar-refractivity contribution in [1.29, 1.82) is 0 Å². The molecule has 11 heteroatoms. The molecular formula is C17H16F5N3O3. The third-order valence-electron chi connectivity index (χ3n) is 4.11. The van der Waals surface area contributed by atoms with Crippen molar-refractivity contribution in [3.05, 3.63) is 42.5 Å². The van der Waals surface area contributed by atoms with Crippen LogP contribution in [0.1, 0.15) is 25.5 Å². The summed E-state index contributed by atoms with van der Waals surface area (Å²) in [5, 5.41) is 0. The molecular weight excluding hydrogens is 389 g/mol. The molecule has 3 heterocycles. The molecule has 28 heavy (non-hydrogen) atoms. The van der Waals surface area contributed by atoms with Gasteiger partial charge in [0.05, 0.1) is 37.2 Å². The van der Waals surface area contributed by atoms with Gasteiger partial charge in [0.25, 0.3) is 0 Å². The van der Waals surface area contributed by atoms with Crippen LogP contribution >= 0.6 is 0 Å². The maximum atomic E-state index is 14.2. The highest BCUT2D eigenvalue weighted by Crippen LogP contribution is 2.36. The average Bonchev–Trinajstić information content (AvgIpc) is 2.64. The van der Waals surface area contributed by atoms with Gasteiger partial charge >= 0.3 is 18.3 Å². The van der Waals surface area contributed by atoms with Gasteiger partial charge in [0.15, 0.2) is 11.4 Å². The van der Waals surface area contributed by atoms with Crippen molar-refractivity contribution < 1.29 is 36.2 Å². The third kappa shape index (κ3) is 4.83. The summed E-state index contributed by atoms with van der Waals surface area (Å²) in [6.07, 6.45) is -5.78. The van der Waals surface area contributed by atoms with Crippen LogP contribution in [0.2, 0.25) is 0 Å². The Morgan fingerprint density at radius 3 is 2.21 bits per heavy atom. The zero-order chi connectivity index (χ0) is 20.4. The van der Waals surface area contributed by atoms with E-state index in [1.807, 2.05) is 0 Å². The quantitative estimate of drug-likeness (QED) is 0.536. The van der Waals surface area contributed by atoms with Crippen LogP contribution < -0.4 is 9.47 Å². The lowest BCUT2D eigenvalue weighted by atomic mass is 9.98. The summed E-state index contributed by atoms with van der Waals surface area (Å²) >= 11 is 0. The Labute approximate surface area is 156 Å². The Morgan fingerprint density at radius 1 is 0.964 bits per heavy atom. The maximum Gasteiger partial charge on any atom is 0.444 e. The minimum atomic E-state index is -3.92. The lowest BCUT2D eigenvalue weighted by molar-refractivity contribution is -0.240. The highest BCUT2D eigenvalue weighted by molar-refractivity contribution is 5.23. The molecule has 2 atom stereocenters. The predicted octanol–water partition coefficient (Wildman–Crippen LogP) is 3.93. The van der Waals surface area contributed by atoms with E-state index in [9.17, 15) is 22.0 Å². The van der Waals surface area contributed by atoms with Crippen LogP contribution in [0.5, 0.6) is 11.5 Å². The van der Waals surface area contributed by atoms with Crippen molar-refractivity contribution in [3.8, 4) is 11.5 Å². The fourth-order valence-corrected chi connectivity index (χ4v) is 2.55. The van der Waals surface area contributed by atoms with E-state index in [0.29, 0.717) is 6.42 Å². The Balaban J connectivity index is 1.66. The Morgan fingerprint density at radius 2 is 1.64 bits per heavy atom. The van der Waals surface area contributed by atoms with E-state index in [0.717, 1.165) is 30.7 Å². The van der Waals surface area contributed by atoms with Crippen LogP contribution in [0, 0.1) is 12.0 Å². The number of alkyl halides is 4. The molecule has 0 amide bonds. The van der Waals surface area contributed by atoms with E-state index in [1.54, 1.807) is 6.92 Å². The summed E-state index contributed by atoms with van der Waals surface area (Å²) in [6.45, 7) is 1.63. The molecule has 152 valence electrons. The van der Waals surface area contributed by atoms with Crippen molar-refractivity contribution in [3.63, 3.8) is 0 Å². The van der Waals surface area contributed by atoms with E-state index in [4.69, 9.17) is 4.74 Å². The van der Waals surface area contributed by atoms with Gasteiger partial charge < -0.3 is 14.2 Å². The topological polar surface area (TPSA) is 66.4 Å². The number of halogens is 5. The van der Waals surface area contributed by atoms with Gasteiger partial charge in [0.1, 0.15) is 5.75 Å². The fourth-order valence-electron chi connectivity index (χ4n) is 2.55. The summed E-state index contributed by atoms with van der Waals surface area (Å²) in [4.78, 5) is 9.61. The summed E-state index contributed by atoms with van der Waals surface area (Å²) in [5.74, 6) is -2.02. The predicted molar refractivity (Wildman–Crippen MR) is 84.5 cm³/mol. The standard InChI is InChI=1S/C17H16F5N3O3/c1-10-2-3-11(9-26-10)16(19,20)27-12-4-5-14(23-6-12)17(21,22)28-13-7-24-15(18)25-8-13/h4-8,10-11H,2-3,9H2,1H3. The van der Waals surface area contributed by atoms with Crippen molar-refractivity contribution in [2.75, 3.05) is 6.61 Å². The van der Waals surface area contributed by atoms with Crippen LogP contribution in [-0.4, -0.2) is 33.8 Å². The van der Waals surface area contributed by atoms with Gasteiger partial charge in [-0.25, -0.2) is 15.0 Å². The Hall–Kier alpha value is -2.56. The number of hydrogen-bond donors (Lipinski definition) is 0. The first-order valence-corrected chi connectivity index (χ1v) is 8.35. The maximum absolute atomic E-state index is 14.2. The number of nitrogens with zero attached hydrogens (tertiary/aromatic N) is 3. The molecule has 0 N–H and O–H groups in total. The highest BCUT2D eigenvalue weighted by Gasteiger charge is 2.44. The van der Waals surface area contributed by atoms with Crippen LogP contribution in [0.4, 0.5) is 22.0 Å². The van der Waals surface area contributed by atoms with Crippen molar-refractivity contribution in [2.45, 2.75) is 38.1 Å². The molecule has 0 aliphatic carbocycles. The van der Waals surface area contributed by atoms with Gasteiger partial charge in [-0.05, 0) is 31.9 Å². The van der Waals surface area contributed by atoms with Gasteiger partial charge in [0, 0.05) is 0 Å². The van der Waals surface area contributed by atoms with Crippen molar-refractivity contribution in [2.24, 2.45) is 5.92 Å². The zero-order valence-corrected chi connectivity index (χ0v) is 14.6. The number of pyridine rings is 1. The monoisotopic (exact) mass is 405 g/mol. The summed E-state index contributed by atoms with van der Waals surface area (Å²) in [6, 6.07) is 1.72. The Bertz CT molecular complexity index is 782. The summed E-state index contributed by atoms with van der Waals surface area (Å²) in [7, 11) is 0. The smallest absolute Gasteiger partial charge is 0.431 e. The number of ether oxygens (including phenoxy) is 3. The first kappa shape index (κ1) is 20.2. The van der Waals surface area contributed by atoms with E-state index in [2.05, 4.69) is 24.4 Å². The number of rotatable bonds is 6. The Kier molecular flexibility index (Phi) is 5.64. The SMILES string of the molecule is CC1CCC(C(F)(F)Oc2ccc(C(F)(F)Oc3cnc(F)nc3)nc2)CO1. The van der Waals surface area contributed by atoms with Crippen LogP contribution in [0.15, 0.2) is 30.7 Å². The molecule has 0 saturated carbocycles. The van der Waals surface area contributed by atoms with E-state index in [-0.39, 0.29) is 24.9 Å². The van der Waals surface area contributed by atoms with Crippen molar-refractivity contribution in [1.82, 2.24) is 15.0 Å². The van der Waals surface area contributed by atoms with Crippen molar-refractivity contribution >= 4 is 0 Å². The highest BCUT2D eigenvalue weighted by atomic mass is 19.3. The normalized spacial score (nSPS) is 20.6. The first-order valence-electron chi connectivity index (χ1n) is 8.35.